The first-order valence-electron chi connectivity index (χ1n) is 8.73. The first-order chi connectivity index (χ1) is 11.6. The van der Waals surface area contributed by atoms with Crippen LogP contribution in [0.5, 0.6) is 0 Å². The van der Waals surface area contributed by atoms with E-state index in [9.17, 15) is 4.79 Å². The second-order valence-corrected chi connectivity index (χ2v) is 6.70. The number of nitrogens with zero attached hydrogens (tertiary/aromatic N) is 2. The SMILES string of the molecule is Cc1ccccc1-n1ncc(C(=O)NC2CCCCC2CN)c1C.Cl. The molecule has 6 heteroatoms. The molecule has 0 spiro atoms. The van der Waals surface area contributed by atoms with Gasteiger partial charge in [-0.2, -0.15) is 5.10 Å². The number of benzene rings is 1. The van der Waals surface area contributed by atoms with Crippen molar-refractivity contribution < 1.29 is 4.79 Å². The van der Waals surface area contributed by atoms with Gasteiger partial charge in [0.2, 0.25) is 0 Å². The van der Waals surface area contributed by atoms with Crippen LogP contribution in [0, 0.1) is 19.8 Å². The molecule has 25 heavy (non-hydrogen) atoms. The Morgan fingerprint density at radius 1 is 1.28 bits per heavy atom. The quantitative estimate of drug-likeness (QED) is 0.877. The number of hydrogen-bond acceptors (Lipinski definition) is 3. The molecule has 0 radical (unpaired) electrons. The summed E-state index contributed by atoms with van der Waals surface area (Å²) in [6.07, 6.45) is 6.14. The predicted octanol–water partition coefficient (Wildman–Crippen LogP) is 3.16. The lowest BCUT2D eigenvalue weighted by Crippen LogP contribution is -2.44. The van der Waals surface area contributed by atoms with Crippen molar-refractivity contribution in [1.29, 1.82) is 0 Å². The minimum Gasteiger partial charge on any atom is -0.349 e. The zero-order valence-corrected chi connectivity index (χ0v) is 15.7. The zero-order valence-electron chi connectivity index (χ0n) is 14.9. The molecule has 1 saturated carbocycles. The van der Waals surface area contributed by atoms with Crippen molar-refractivity contribution in [2.24, 2.45) is 11.7 Å². The fraction of sp³-hybridized carbons (Fsp3) is 0.474. The first kappa shape index (κ1) is 19.5. The molecule has 2 aromatic rings. The monoisotopic (exact) mass is 362 g/mol. The molecule has 0 saturated heterocycles. The fourth-order valence-electron chi connectivity index (χ4n) is 3.60. The molecule has 1 aliphatic rings. The Labute approximate surface area is 155 Å². The van der Waals surface area contributed by atoms with E-state index >= 15 is 0 Å². The molecule has 5 nitrogen and oxygen atoms in total. The summed E-state index contributed by atoms with van der Waals surface area (Å²) in [5, 5.41) is 7.62. The number of rotatable bonds is 4. The predicted molar refractivity (Wildman–Crippen MR) is 103 cm³/mol. The highest BCUT2D eigenvalue weighted by molar-refractivity contribution is 5.95. The van der Waals surface area contributed by atoms with Crippen LogP contribution in [0.15, 0.2) is 30.5 Å². The van der Waals surface area contributed by atoms with Gasteiger partial charge in [-0.3, -0.25) is 4.79 Å². The summed E-state index contributed by atoms with van der Waals surface area (Å²) >= 11 is 0. The number of nitrogens with one attached hydrogen (secondary N) is 1. The molecule has 1 aromatic carbocycles. The van der Waals surface area contributed by atoms with Crippen LogP contribution in [-0.4, -0.2) is 28.3 Å². The average molecular weight is 363 g/mol. The van der Waals surface area contributed by atoms with Gasteiger partial charge in [0.25, 0.3) is 5.91 Å². The minimum atomic E-state index is -0.0438. The molecular weight excluding hydrogens is 336 g/mol. The van der Waals surface area contributed by atoms with Crippen LogP contribution in [0.4, 0.5) is 0 Å². The Hall–Kier alpha value is -1.85. The highest BCUT2D eigenvalue weighted by Crippen LogP contribution is 2.24. The van der Waals surface area contributed by atoms with Crippen molar-refractivity contribution in [3.63, 3.8) is 0 Å². The van der Waals surface area contributed by atoms with Crippen LogP contribution >= 0.6 is 12.4 Å². The van der Waals surface area contributed by atoms with Crippen LogP contribution < -0.4 is 11.1 Å². The molecule has 1 heterocycles. The highest BCUT2D eigenvalue weighted by atomic mass is 35.5. The van der Waals surface area contributed by atoms with Gasteiger partial charge in [-0.15, -0.1) is 12.4 Å². The second-order valence-electron chi connectivity index (χ2n) is 6.70. The number of amides is 1. The number of carbonyl (C=O) groups excluding carboxylic acids is 1. The highest BCUT2D eigenvalue weighted by Gasteiger charge is 2.27. The van der Waals surface area contributed by atoms with E-state index in [4.69, 9.17) is 5.73 Å². The van der Waals surface area contributed by atoms with E-state index in [1.54, 1.807) is 6.20 Å². The van der Waals surface area contributed by atoms with E-state index in [0.29, 0.717) is 18.0 Å². The van der Waals surface area contributed by atoms with Gasteiger partial charge in [0.1, 0.15) is 0 Å². The largest absolute Gasteiger partial charge is 0.349 e. The third-order valence-electron chi connectivity index (χ3n) is 5.13. The van der Waals surface area contributed by atoms with E-state index in [1.165, 1.54) is 6.42 Å². The van der Waals surface area contributed by atoms with Crippen LogP contribution in [0.3, 0.4) is 0 Å². The number of carbonyl (C=O) groups is 1. The number of para-hydroxylation sites is 1. The van der Waals surface area contributed by atoms with E-state index < -0.39 is 0 Å². The second kappa shape index (κ2) is 8.50. The molecule has 1 amide bonds. The number of nitrogens with two attached hydrogens (primary N) is 1. The average Bonchev–Trinajstić information content (AvgIpc) is 2.97. The van der Waals surface area contributed by atoms with Gasteiger partial charge in [-0.25, -0.2) is 4.68 Å². The summed E-state index contributed by atoms with van der Waals surface area (Å²) in [6, 6.07) is 8.22. The van der Waals surface area contributed by atoms with E-state index in [0.717, 1.165) is 36.2 Å². The zero-order chi connectivity index (χ0) is 17.1. The molecule has 136 valence electrons. The van der Waals surface area contributed by atoms with Gasteiger partial charge in [0, 0.05) is 6.04 Å². The van der Waals surface area contributed by atoms with Crippen molar-refractivity contribution in [3.8, 4) is 5.69 Å². The normalized spacial score (nSPS) is 20.0. The summed E-state index contributed by atoms with van der Waals surface area (Å²) < 4.78 is 1.84. The molecule has 3 N–H and O–H groups in total. The maximum atomic E-state index is 12.7. The molecule has 2 atom stereocenters. The minimum absolute atomic E-state index is 0. The van der Waals surface area contributed by atoms with Gasteiger partial charge >= 0.3 is 0 Å². The Bertz CT molecular complexity index is 728. The van der Waals surface area contributed by atoms with Crippen LogP contribution in [-0.2, 0) is 0 Å². The summed E-state index contributed by atoms with van der Waals surface area (Å²) in [5.41, 5.74) is 9.51. The van der Waals surface area contributed by atoms with Gasteiger partial charge in [-0.05, 0) is 50.8 Å². The van der Waals surface area contributed by atoms with Crippen LogP contribution in [0.1, 0.15) is 47.3 Å². The van der Waals surface area contributed by atoms with Crippen molar-refractivity contribution in [2.75, 3.05) is 6.54 Å². The lowest BCUT2D eigenvalue weighted by molar-refractivity contribution is 0.0907. The van der Waals surface area contributed by atoms with E-state index in [-0.39, 0.29) is 24.4 Å². The van der Waals surface area contributed by atoms with Gasteiger partial charge in [0.15, 0.2) is 0 Å². The molecule has 2 unspecified atom stereocenters. The Morgan fingerprint density at radius 2 is 2.00 bits per heavy atom. The summed E-state index contributed by atoms with van der Waals surface area (Å²) in [5.74, 6) is 0.340. The third kappa shape index (κ3) is 4.05. The van der Waals surface area contributed by atoms with Crippen LogP contribution in [0.25, 0.3) is 5.69 Å². The number of aryl methyl sites for hydroxylation is 1. The fourth-order valence-corrected chi connectivity index (χ4v) is 3.60. The maximum absolute atomic E-state index is 12.7. The van der Waals surface area contributed by atoms with Crippen molar-refractivity contribution >= 4 is 18.3 Å². The smallest absolute Gasteiger partial charge is 0.254 e. The Morgan fingerprint density at radius 3 is 2.72 bits per heavy atom. The number of halogens is 1. The van der Waals surface area contributed by atoms with Crippen LogP contribution in [0.2, 0.25) is 0 Å². The standard InChI is InChI=1S/C19H26N4O.ClH/c1-13-7-3-6-10-18(13)23-14(2)16(12-21-23)19(24)22-17-9-5-4-8-15(17)11-20;/h3,6-7,10,12,15,17H,4-5,8-9,11,20H2,1-2H3,(H,22,24);1H. The van der Waals surface area contributed by atoms with E-state index in [2.05, 4.69) is 10.4 Å². The molecule has 3 rings (SSSR count). The summed E-state index contributed by atoms with van der Waals surface area (Å²) in [4.78, 5) is 12.7. The summed E-state index contributed by atoms with van der Waals surface area (Å²) in [6.45, 7) is 4.62. The topological polar surface area (TPSA) is 72.9 Å². The number of aromatic nitrogens is 2. The molecule has 0 bridgehead atoms. The lowest BCUT2D eigenvalue weighted by Gasteiger charge is -2.31. The molecule has 1 aromatic heterocycles. The lowest BCUT2D eigenvalue weighted by atomic mass is 9.84. The van der Waals surface area contributed by atoms with Crippen molar-refractivity contribution in [1.82, 2.24) is 15.1 Å². The van der Waals surface area contributed by atoms with Gasteiger partial charge in [-0.1, -0.05) is 31.0 Å². The van der Waals surface area contributed by atoms with Gasteiger partial charge in [0.05, 0.1) is 23.1 Å². The van der Waals surface area contributed by atoms with Crippen molar-refractivity contribution in [3.05, 3.63) is 47.3 Å². The summed E-state index contributed by atoms with van der Waals surface area (Å²) in [7, 11) is 0. The molecule has 1 aliphatic carbocycles. The first-order valence-corrected chi connectivity index (χ1v) is 8.73. The Balaban J connectivity index is 0.00000225. The van der Waals surface area contributed by atoms with Gasteiger partial charge < -0.3 is 11.1 Å². The maximum Gasteiger partial charge on any atom is 0.254 e. The number of hydrogen-bond donors (Lipinski definition) is 2. The Kier molecular flexibility index (Phi) is 6.62. The van der Waals surface area contributed by atoms with Crippen molar-refractivity contribution in [2.45, 2.75) is 45.6 Å². The third-order valence-corrected chi connectivity index (χ3v) is 5.13. The molecule has 0 aliphatic heterocycles. The van der Waals surface area contributed by atoms with E-state index in [1.807, 2.05) is 42.8 Å². The molecule has 1 fully saturated rings. The molecular formula is C19H27ClN4O.